The molecule has 0 aromatic rings. The molecule has 0 saturated heterocycles. The number of nitrogens with two attached hydrogens (primary N) is 1. The van der Waals surface area contributed by atoms with Crippen molar-refractivity contribution < 1.29 is 19.2 Å². The smallest absolute Gasteiger partial charge is 0.314 e. The SMILES string of the molecule is CNC(=O)NCCC[C@H](NC(=O)C(C)NC(=O)CCN)C(C)=O. The highest BCUT2D eigenvalue weighted by molar-refractivity contribution is 5.91. The Morgan fingerprint density at radius 2 is 1.78 bits per heavy atom. The van der Waals surface area contributed by atoms with Crippen LogP contribution in [0.3, 0.4) is 0 Å². The number of carbonyl (C=O) groups is 4. The minimum atomic E-state index is -0.750. The predicted octanol–water partition coefficient (Wildman–Crippen LogP) is -1.38. The summed E-state index contributed by atoms with van der Waals surface area (Å²) in [5.74, 6) is -0.932. The molecule has 2 atom stereocenters. The molecule has 0 aliphatic rings. The van der Waals surface area contributed by atoms with Gasteiger partial charge in [0.1, 0.15) is 6.04 Å². The first-order valence-electron chi connectivity index (χ1n) is 7.57. The zero-order valence-corrected chi connectivity index (χ0v) is 13.9. The summed E-state index contributed by atoms with van der Waals surface area (Å²) >= 11 is 0. The molecule has 6 N–H and O–H groups in total. The summed E-state index contributed by atoms with van der Waals surface area (Å²) < 4.78 is 0. The number of carbonyl (C=O) groups excluding carboxylic acids is 4. The van der Waals surface area contributed by atoms with Crippen molar-refractivity contribution >= 4 is 23.6 Å². The summed E-state index contributed by atoms with van der Waals surface area (Å²) in [5, 5.41) is 10.1. The number of ketones is 1. The lowest BCUT2D eigenvalue weighted by atomic mass is 10.1. The Morgan fingerprint density at radius 3 is 2.30 bits per heavy atom. The van der Waals surface area contributed by atoms with Gasteiger partial charge in [-0.25, -0.2) is 4.79 Å². The predicted molar refractivity (Wildman–Crippen MR) is 85.6 cm³/mol. The summed E-state index contributed by atoms with van der Waals surface area (Å²) in [6.07, 6.45) is 1.07. The second-order valence-electron chi connectivity index (χ2n) is 5.15. The molecule has 9 heteroatoms. The molecule has 0 bridgehead atoms. The van der Waals surface area contributed by atoms with Gasteiger partial charge in [0.2, 0.25) is 11.8 Å². The van der Waals surface area contributed by atoms with E-state index in [2.05, 4.69) is 21.3 Å². The molecule has 0 aliphatic heterocycles. The Kier molecular flexibility index (Phi) is 10.3. The Balaban J connectivity index is 4.29. The zero-order valence-electron chi connectivity index (χ0n) is 13.9. The van der Waals surface area contributed by atoms with Crippen LogP contribution in [-0.2, 0) is 14.4 Å². The molecule has 4 amide bonds. The number of hydrogen-bond donors (Lipinski definition) is 5. The number of urea groups is 1. The Hall–Kier alpha value is -2.16. The Labute approximate surface area is 136 Å². The molecule has 0 rings (SSSR count). The zero-order chi connectivity index (χ0) is 17.8. The molecule has 0 aromatic carbocycles. The summed E-state index contributed by atoms with van der Waals surface area (Å²) in [7, 11) is 1.51. The molecule has 0 saturated carbocycles. The molecule has 0 fully saturated rings. The second kappa shape index (κ2) is 11.4. The van der Waals surface area contributed by atoms with Crippen LogP contribution < -0.4 is 27.0 Å². The van der Waals surface area contributed by atoms with Gasteiger partial charge in [-0.2, -0.15) is 0 Å². The van der Waals surface area contributed by atoms with E-state index in [1.54, 1.807) is 0 Å². The fourth-order valence-electron chi connectivity index (χ4n) is 1.78. The molecule has 0 spiro atoms. The van der Waals surface area contributed by atoms with Gasteiger partial charge in [0, 0.05) is 26.6 Å². The standard InChI is InChI=1S/C14H27N5O4/c1-9(18-12(21)6-7-15)13(22)19-11(10(2)20)5-4-8-17-14(23)16-3/h9,11H,4-8,15H2,1-3H3,(H,18,21)(H,19,22)(H2,16,17,23)/t9?,11-/m0/s1. The van der Waals surface area contributed by atoms with E-state index < -0.39 is 18.0 Å². The molecular weight excluding hydrogens is 302 g/mol. The van der Waals surface area contributed by atoms with E-state index in [4.69, 9.17) is 5.73 Å². The number of nitrogens with one attached hydrogen (secondary N) is 4. The van der Waals surface area contributed by atoms with Crippen LogP contribution in [0.5, 0.6) is 0 Å². The number of hydrogen-bond acceptors (Lipinski definition) is 5. The highest BCUT2D eigenvalue weighted by atomic mass is 16.2. The van der Waals surface area contributed by atoms with Gasteiger partial charge < -0.3 is 27.0 Å². The average molecular weight is 329 g/mol. The van der Waals surface area contributed by atoms with Gasteiger partial charge in [-0.15, -0.1) is 0 Å². The van der Waals surface area contributed by atoms with Crippen LogP contribution >= 0.6 is 0 Å². The van der Waals surface area contributed by atoms with Gasteiger partial charge in [0.25, 0.3) is 0 Å². The van der Waals surface area contributed by atoms with E-state index >= 15 is 0 Å². The lowest BCUT2D eigenvalue weighted by Crippen LogP contribution is -2.50. The fourth-order valence-corrected chi connectivity index (χ4v) is 1.78. The van der Waals surface area contributed by atoms with Gasteiger partial charge >= 0.3 is 6.03 Å². The van der Waals surface area contributed by atoms with Crippen molar-refractivity contribution in [1.29, 1.82) is 0 Å². The molecular formula is C14H27N5O4. The molecule has 0 radical (unpaired) electrons. The third kappa shape index (κ3) is 9.46. The second-order valence-corrected chi connectivity index (χ2v) is 5.15. The molecule has 0 aliphatic carbocycles. The Morgan fingerprint density at radius 1 is 1.13 bits per heavy atom. The van der Waals surface area contributed by atoms with Crippen molar-refractivity contribution in [2.45, 2.75) is 45.2 Å². The first-order chi connectivity index (χ1) is 10.8. The maximum absolute atomic E-state index is 12.0. The first kappa shape index (κ1) is 20.8. The maximum Gasteiger partial charge on any atom is 0.314 e. The van der Waals surface area contributed by atoms with Crippen LogP contribution in [0.15, 0.2) is 0 Å². The highest BCUT2D eigenvalue weighted by Gasteiger charge is 2.21. The molecule has 0 aromatic heterocycles. The van der Waals surface area contributed by atoms with E-state index in [-0.39, 0.29) is 30.7 Å². The maximum atomic E-state index is 12.0. The van der Waals surface area contributed by atoms with E-state index in [1.165, 1.54) is 20.9 Å². The highest BCUT2D eigenvalue weighted by Crippen LogP contribution is 1.99. The van der Waals surface area contributed by atoms with Gasteiger partial charge in [-0.05, 0) is 26.7 Å². The molecule has 9 nitrogen and oxygen atoms in total. The van der Waals surface area contributed by atoms with Crippen molar-refractivity contribution in [2.24, 2.45) is 5.73 Å². The normalized spacial score (nSPS) is 12.7. The van der Waals surface area contributed by atoms with Crippen LogP contribution in [0.1, 0.15) is 33.1 Å². The van der Waals surface area contributed by atoms with Gasteiger partial charge in [0.05, 0.1) is 6.04 Å². The number of amides is 4. The van der Waals surface area contributed by atoms with Gasteiger partial charge in [0.15, 0.2) is 5.78 Å². The fraction of sp³-hybridized carbons (Fsp3) is 0.714. The summed E-state index contributed by atoms with van der Waals surface area (Å²) in [6, 6.07) is -1.70. The van der Waals surface area contributed by atoms with Gasteiger partial charge in [-0.3, -0.25) is 14.4 Å². The summed E-state index contributed by atoms with van der Waals surface area (Å²) in [4.78, 5) is 46.0. The topological polar surface area (TPSA) is 142 Å². The van der Waals surface area contributed by atoms with E-state index in [9.17, 15) is 19.2 Å². The molecule has 132 valence electrons. The third-order valence-electron chi connectivity index (χ3n) is 3.13. The number of Topliss-reactive ketones (excluding diaryl/α,β-unsaturated/α-hetero) is 1. The van der Waals surface area contributed by atoms with Crippen molar-refractivity contribution in [3.63, 3.8) is 0 Å². The van der Waals surface area contributed by atoms with Crippen LogP contribution in [-0.4, -0.2) is 55.8 Å². The summed E-state index contributed by atoms with van der Waals surface area (Å²) in [5.41, 5.74) is 5.26. The quantitative estimate of drug-likeness (QED) is 0.314. The minimum Gasteiger partial charge on any atom is -0.345 e. The monoisotopic (exact) mass is 329 g/mol. The molecule has 1 unspecified atom stereocenters. The van der Waals surface area contributed by atoms with Crippen molar-refractivity contribution in [3.05, 3.63) is 0 Å². The lowest BCUT2D eigenvalue weighted by molar-refractivity contribution is -0.130. The Bertz CT molecular complexity index is 427. The van der Waals surface area contributed by atoms with Crippen molar-refractivity contribution in [1.82, 2.24) is 21.3 Å². The lowest BCUT2D eigenvalue weighted by Gasteiger charge is -2.19. The van der Waals surface area contributed by atoms with Crippen molar-refractivity contribution in [3.8, 4) is 0 Å². The third-order valence-corrected chi connectivity index (χ3v) is 3.13. The first-order valence-corrected chi connectivity index (χ1v) is 7.57. The van der Waals surface area contributed by atoms with E-state index in [0.29, 0.717) is 19.4 Å². The number of rotatable bonds is 10. The van der Waals surface area contributed by atoms with Crippen molar-refractivity contribution in [2.75, 3.05) is 20.1 Å². The largest absolute Gasteiger partial charge is 0.345 e. The molecule has 23 heavy (non-hydrogen) atoms. The van der Waals surface area contributed by atoms with E-state index in [1.807, 2.05) is 0 Å². The van der Waals surface area contributed by atoms with Crippen LogP contribution in [0.4, 0.5) is 4.79 Å². The molecule has 0 heterocycles. The van der Waals surface area contributed by atoms with Crippen LogP contribution in [0.25, 0.3) is 0 Å². The minimum absolute atomic E-state index is 0.138. The average Bonchev–Trinajstić information content (AvgIpc) is 2.49. The van der Waals surface area contributed by atoms with Crippen LogP contribution in [0, 0.1) is 0 Å². The summed E-state index contributed by atoms with van der Waals surface area (Å²) in [6.45, 7) is 3.51. The van der Waals surface area contributed by atoms with Crippen LogP contribution in [0.2, 0.25) is 0 Å². The van der Waals surface area contributed by atoms with E-state index in [0.717, 1.165) is 0 Å². The van der Waals surface area contributed by atoms with Gasteiger partial charge in [-0.1, -0.05) is 0 Å².